The minimum absolute atomic E-state index is 0.655. The number of nitrogens with one attached hydrogen (secondary N) is 1. The summed E-state index contributed by atoms with van der Waals surface area (Å²) >= 11 is 1.86. The quantitative estimate of drug-likeness (QED) is 0.739. The monoisotopic (exact) mass is 197 g/mol. The van der Waals surface area contributed by atoms with E-state index < -0.39 is 0 Å². The molecular formula is C11H19NS. The summed E-state index contributed by atoms with van der Waals surface area (Å²) in [5.41, 5.74) is 0. The fourth-order valence-corrected chi connectivity index (χ4v) is 2.03. The molecule has 1 heterocycles. The molecule has 0 saturated heterocycles. The molecule has 13 heavy (non-hydrogen) atoms. The lowest BCUT2D eigenvalue weighted by atomic mass is 10.1. The highest BCUT2D eigenvalue weighted by Crippen LogP contribution is 2.11. The largest absolute Gasteiger partial charge is 0.314 e. The highest BCUT2D eigenvalue weighted by Gasteiger charge is 2.01. The Balaban J connectivity index is 2.11. The summed E-state index contributed by atoms with van der Waals surface area (Å²) < 4.78 is 0. The zero-order chi connectivity index (χ0) is 9.52. The molecule has 0 aliphatic carbocycles. The Kier molecular flexibility index (Phi) is 5.09. The predicted molar refractivity (Wildman–Crippen MR) is 60.4 cm³/mol. The third-order valence-electron chi connectivity index (χ3n) is 2.15. The third-order valence-corrected chi connectivity index (χ3v) is 3.08. The summed E-state index contributed by atoms with van der Waals surface area (Å²) in [7, 11) is 0. The van der Waals surface area contributed by atoms with Gasteiger partial charge in [0.25, 0.3) is 0 Å². The molecule has 0 bridgehead atoms. The fourth-order valence-electron chi connectivity index (χ4n) is 1.31. The molecule has 1 aromatic heterocycles. The molecule has 0 amide bonds. The minimum Gasteiger partial charge on any atom is -0.314 e. The van der Waals surface area contributed by atoms with Gasteiger partial charge in [0.1, 0.15) is 0 Å². The van der Waals surface area contributed by atoms with Gasteiger partial charge in [-0.1, -0.05) is 13.0 Å². The topological polar surface area (TPSA) is 12.0 Å². The minimum atomic E-state index is 0.655. The van der Waals surface area contributed by atoms with Crippen molar-refractivity contribution in [1.29, 1.82) is 0 Å². The van der Waals surface area contributed by atoms with E-state index in [9.17, 15) is 0 Å². The fraction of sp³-hybridized carbons (Fsp3) is 0.636. The van der Waals surface area contributed by atoms with Crippen LogP contribution in [0.2, 0.25) is 0 Å². The highest BCUT2D eigenvalue weighted by molar-refractivity contribution is 7.09. The van der Waals surface area contributed by atoms with Crippen LogP contribution in [0.5, 0.6) is 0 Å². The van der Waals surface area contributed by atoms with Crippen molar-refractivity contribution in [3.63, 3.8) is 0 Å². The van der Waals surface area contributed by atoms with Gasteiger partial charge in [0.2, 0.25) is 0 Å². The maximum absolute atomic E-state index is 3.50. The van der Waals surface area contributed by atoms with E-state index >= 15 is 0 Å². The highest BCUT2D eigenvalue weighted by atomic mass is 32.1. The molecule has 0 aromatic carbocycles. The van der Waals surface area contributed by atoms with Gasteiger partial charge in [-0.05, 0) is 44.2 Å². The van der Waals surface area contributed by atoms with Crippen molar-refractivity contribution >= 4 is 11.3 Å². The first-order chi connectivity index (χ1) is 6.33. The second-order valence-corrected chi connectivity index (χ2v) is 4.51. The van der Waals surface area contributed by atoms with Crippen LogP contribution in [-0.2, 0) is 6.42 Å². The van der Waals surface area contributed by atoms with Crippen LogP contribution in [0.4, 0.5) is 0 Å². The second-order valence-electron chi connectivity index (χ2n) is 3.47. The summed E-state index contributed by atoms with van der Waals surface area (Å²) in [6, 6.07) is 5.00. The normalized spacial score (nSPS) is 13.1. The van der Waals surface area contributed by atoms with Crippen molar-refractivity contribution in [3.05, 3.63) is 22.4 Å². The molecule has 0 saturated carbocycles. The molecule has 0 fully saturated rings. The van der Waals surface area contributed by atoms with Gasteiger partial charge in [0.05, 0.1) is 0 Å². The van der Waals surface area contributed by atoms with Crippen LogP contribution in [0.1, 0.15) is 31.6 Å². The first kappa shape index (κ1) is 10.7. The Labute approximate surface area is 85.2 Å². The first-order valence-electron chi connectivity index (χ1n) is 5.08. The molecule has 2 heteroatoms. The first-order valence-corrected chi connectivity index (χ1v) is 5.96. The SMILES string of the molecule is CCCNC(C)CCc1cccs1. The molecule has 1 unspecified atom stereocenters. The molecule has 74 valence electrons. The van der Waals surface area contributed by atoms with E-state index in [2.05, 4.69) is 36.7 Å². The average molecular weight is 197 g/mol. The van der Waals surface area contributed by atoms with Crippen LogP contribution in [0.3, 0.4) is 0 Å². The maximum atomic E-state index is 3.50. The van der Waals surface area contributed by atoms with Crippen molar-refractivity contribution in [1.82, 2.24) is 5.32 Å². The van der Waals surface area contributed by atoms with E-state index in [1.165, 1.54) is 24.1 Å². The number of rotatable bonds is 6. The standard InChI is InChI=1S/C11H19NS/c1-3-8-12-10(2)6-7-11-5-4-9-13-11/h4-5,9-10,12H,3,6-8H2,1-2H3. The molecule has 1 rings (SSSR count). The van der Waals surface area contributed by atoms with E-state index in [0.29, 0.717) is 6.04 Å². The van der Waals surface area contributed by atoms with E-state index in [0.717, 1.165) is 6.54 Å². The molecule has 0 spiro atoms. The van der Waals surface area contributed by atoms with Gasteiger partial charge in [-0.3, -0.25) is 0 Å². The van der Waals surface area contributed by atoms with Gasteiger partial charge in [0, 0.05) is 10.9 Å². The van der Waals surface area contributed by atoms with Crippen molar-refractivity contribution in [3.8, 4) is 0 Å². The van der Waals surface area contributed by atoms with E-state index in [4.69, 9.17) is 0 Å². The van der Waals surface area contributed by atoms with Crippen LogP contribution >= 0.6 is 11.3 Å². The Hall–Kier alpha value is -0.340. The number of hydrogen-bond acceptors (Lipinski definition) is 2. The van der Waals surface area contributed by atoms with E-state index in [1.807, 2.05) is 11.3 Å². The molecule has 1 atom stereocenters. The van der Waals surface area contributed by atoms with Gasteiger partial charge < -0.3 is 5.32 Å². The third kappa shape index (κ3) is 4.44. The van der Waals surface area contributed by atoms with Crippen molar-refractivity contribution in [2.45, 2.75) is 39.2 Å². The molecule has 0 aliphatic heterocycles. The molecule has 1 aromatic rings. The summed E-state index contributed by atoms with van der Waals surface area (Å²) in [6.45, 7) is 5.62. The van der Waals surface area contributed by atoms with Crippen molar-refractivity contribution in [2.75, 3.05) is 6.54 Å². The predicted octanol–water partition coefficient (Wildman–Crippen LogP) is 3.07. The lowest BCUT2D eigenvalue weighted by molar-refractivity contribution is 0.515. The summed E-state index contributed by atoms with van der Waals surface area (Å²) in [6.07, 6.45) is 3.69. The van der Waals surface area contributed by atoms with Gasteiger partial charge >= 0.3 is 0 Å². The van der Waals surface area contributed by atoms with Crippen LogP contribution < -0.4 is 5.32 Å². The van der Waals surface area contributed by atoms with Gasteiger partial charge in [-0.25, -0.2) is 0 Å². The number of hydrogen-bond donors (Lipinski definition) is 1. The van der Waals surface area contributed by atoms with Crippen LogP contribution in [0, 0.1) is 0 Å². The Morgan fingerprint density at radius 1 is 1.54 bits per heavy atom. The number of thiophene rings is 1. The van der Waals surface area contributed by atoms with Crippen molar-refractivity contribution in [2.24, 2.45) is 0 Å². The average Bonchev–Trinajstić information content (AvgIpc) is 2.64. The molecule has 1 N–H and O–H groups in total. The molecule has 0 aliphatic rings. The summed E-state index contributed by atoms with van der Waals surface area (Å²) in [5.74, 6) is 0. The van der Waals surface area contributed by atoms with Crippen molar-refractivity contribution < 1.29 is 0 Å². The van der Waals surface area contributed by atoms with E-state index in [1.54, 1.807) is 0 Å². The Morgan fingerprint density at radius 3 is 3.00 bits per heavy atom. The summed E-state index contributed by atoms with van der Waals surface area (Å²) in [4.78, 5) is 1.50. The summed E-state index contributed by atoms with van der Waals surface area (Å²) in [5, 5.41) is 5.65. The van der Waals surface area contributed by atoms with Crippen LogP contribution in [0.25, 0.3) is 0 Å². The lowest BCUT2D eigenvalue weighted by Gasteiger charge is -2.11. The van der Waals surface area contributed by atoms with Gasteiger partial charge in [-0.2, -0.15) is 0 Å². The van der Waals surface area contributed by atoms with Gasteiger partial charge in [0.15, 0.2) is 0 Å². The molecule has 0 radical (unpaired) electrons. The zero-order valence-electron chi connectivity index (χ0n) is 8.55. The molecular weight excluding hydrogens is 178 g/mol. The second kappa shape index (κ2) is 6.17. The lowest BCUT2D eigenvalue weighted by Crippen LogP contribution is -2.26. The smallest absolute Gasteiger partial charge is 0.00458 e. The number of aryl methyl sites for hydroxylation is 1. The van der Waals surface area contributed by atoms with Crippen LogP contribution in [0.15, 0.2) is 17.5 Å². The Morgan fingerprint density at radius 2 is 2.38 bits per heavy atom. The van der Waals surface area contributed by atoms with E-state index in [-0.39, 0.29) is 0 Å². The molecule has 1 nitrogen and oxygen atoms in total. The maximum Gasteiger partial charge on any atom is 0.00458 e. The van der Waals surface area contributed by atoms with Crippen LogP contribution in [-0.4, -0.2) is 12.6 Å². The zero-order valence-corrected chi connectivity index (χ0v) is 9.36. The van der Waals surface area contributed by atoms with Gasteiger partial charge in [-0.15, -0.1) is 11.3 Å². The Bertz CT molecular complexity index is 206.